The lowest BCUT2D eigenvalue weighted by molar-refractivity contribution is -0.138. The predicted molar refractivity (Wildman–Crippen MR) is 156 cm³/mol. The Labute approximate surface area is 236 Å². The van der Waals surface area contributed by atoms with Gasteiger partial charge in [0, 0.05) is 35.8 Å². The highest BCUT2D eigenvalue weighted by atomic mass is 32.2. The third-order valence-corrected chi connectivity index (χ3v) is 7.66. The van der Waals surface area contributed by atoms with Gasteiger partial charge in [0.15, 0.2) is 0 Å². The smallest absolute Gasteiger partial charge is 0.344 e. The minimum absolute atomic E-state index is 0.0196. The normalized spacial score (nSPS) is 19.1. The summed E-state index contributed by atoms with van der Waals surface area (Å²) in [7, 11) is 1.58. The number of ether oxygens (including phenoxy) is 3. The van der Waals surface area contributed by atoms with E-state index in [1.54, 1.807) is 44.4 Å². The SMILES string of the molecule is CCOC(=O)C1=C(O)/C(=C/c2cn(CC(=O)NC[C@H]3CCCO3)c3ccccc23)SC1=Nc1ccc(OC)cc1. The predicted octanol–water partition coefficient (Wildman–Crippen LogP) is 5.14. The first kappa shape index (κ1) is 27.5. The zero-order valence-electron chi connectivity index (χ0n) is 22.4. The monoisotopic (exact) mass is 561 g/mol. The van der Waals surface area contributed by atoms with Crippen LogP contribution in [0.4, 0.5) is 5.69 Å². The Hall–Kier alpha value is -4.02. The summed E-state index contributed by atoms with van der Waals surface area (Å²) in [6, 6.07) is 14.8. The maximum atomic E-state index is 12.8. The molecule has 10 heteroatoms. The number of hydrogen-bond donors (Lipinski definition) is 2. The lowest BCUT2D eigenvalue weighted by atomic mass is 10.1. The number of thioether (sulfide) groups is 1. The first-order valence-corrected chi connectivity index (χ1v) is 14.0. The van der Waals surface area contributed by atoms with Crippen LogP contribution in [-0.2, 0) is 25.6 Å². The molecule has 2 aliphatic heterocycles. The summed E-state index contributed by atoms with van der Waals surface area (Å²) in [6.07, 6.45) is 5.72. The van der Waals surface area contributed by atoms with Crippen LogP contribution in [0.5, 0.6) is 5.75 Å². The van der Waals surface area contributed by atoms with Crippen molar-refractivity contribution in [3.05, 3.63) is 76.5 Å². The van der Waals surface area contributed by atoms with Gasteiger partial charge in [-0.2, -0.15) is 0 Å². The molecule has 1 saturated heterocycles. The van der Waals surface area contributed by atoms with E-state index >= 15 is 0 Å². The first-order valence-electron chi connectivity index (χ1n) is 13.2. The van der Waals surface area contributed by atoms with Gasteiger partial charge in [0.25, 0.3) is 0 Å². The number of nitrogens with zero attached hydrogens (tertiary/aromatic N) is 2. The van der Waals surface area contributed by atoms with E-state index in [9.17, 15) is 14.7 Å². The minimum atomic E-state index is -0.645. The molecule has 0 saturated carbocycles. The molecule has 5 rings (SSSR count). The average Bonchev–Trinajstić information content (AvgIpc) is 3.67. The van der Waals surface area contributed by atoms with Gasteiger partial charge >= 0.3 is 5.97 Å². The number of carbonyl (C=O) groups excluding carboxylic acids is 2. The number of hydrogen-bond acceptors (Lipinski definition) is 8. The van der Waals surface area contributed by atoms with Crippen molar-refractivity contribution in [2.75, 3.05) is 26.9 Å². The average molecular weight is 562 g/mol. The molecule has 2 aliphatic rings. The Morgan fingerprint density at radius 3 is 2.75 bits per heavy atom. The number of methoxy groups -OCH3 is 1. The van der Waals surface area contributed by atoms with Crippen LogP contribution in [0.3, 0.4) is 0 Å². The molecule has 1 amide bonds. The van der Waals surface area contributed by atoms with Crippen LogP contribution in [0.25, 0.3) is 17.0 Å². The summed E-state index contributed by atoms with van der Waals surface area (Å²) in [4.78, 5) is 30.6. The number of amides is 1. The number of aliphatic hydroxyl groups excluding tert-OH is 1. The van der Waals surface area contributed by atoms with Crippen LogP contribution in [-0.4, -0.2) is 59.6 Å². The molecule has 2 aromatic carbocycles. The Balaban J connectivity index is 1.45. The van der Waals surface area contributed by atoms with Crippen LogP contribution in [0.15, 0.2) is 76.0 Å². The van der Waals surface area contributed by atoms with Crippen molar-refractivity contribution >= 4 is 51.3 Å². The van der Waals surface area contributed by atoms with E-state index in [1.807, 2.05) is 35.0 Å². The van der Waals surface area contributed by atoms with Crippen LogP contribution >= 0.6 is 11.8 Å². The Morgan fingerprint density at radius 1 is 1.23 bits per heavy atom. The van der Waals surface area contributed by atoms with Crippen molar-refractivity contribution < 1.29 is 28.9 Å². The molecule has 3 heterocycles. The summed E-state index contributed by atoms with van der Waals surface area (Å²) in [5.41, 5.74) is 2.30. The zero-order valence-corrected chi connectivity index (χ0v) is 23.2. The Kier molecular flexibility index (Phi) is 8.57. The molecule has 40 heavy (non-hydrogen) atoms. The highest BCUT2D eigenvalue weighted by Crippen LogP contribution is 2.41. The number of aliphatic imine (C=N–C) groups is 1. The van der Waals surface area contributed by atoms with Crippen LogP contribution in [0.2, 0.25) is 0 Å². The lowest BCUT2D eigenvalue weighted by Crippen LogP contribution is -2.34. The molecule has 1 aromatic heterocycles. The van der Waals surface area contributed by atoms with Crippen molar-refractivity contribution in [2.45, 2.75) is 32.4 Å². The summed E-state index contributed by atoms with van der Waals surface area (Å²) in [5, 5.41) is 15.4. The van der Waals surface area contributed by atoms with Crippen molar-refractivity contribution in [2.24, 2.45) is 4.99 Å². The quantitative estimate of drug-likeness (QED) is 0.348. The van der Waals surface area contributed by atoms with Gasteiger partial charge in [0.2, 0.25) is 5.91 Å². The highest BCUT2D eigenvalue weighted by molar-refractivity contribution is 8.18. The van der Waals surface area contributed by atoms with E-state index in [-0.39, 0.29) is 36.5 Å². The van der Waals surface area contributed by atoms with E-state index in [4.69, 9.17) is 14.2 Å². The summed E-state index contributed by atoms with van der Waals surface area (Å²) >= 11 is 1.19. The molecule has 1 fully saturated rings. The van der Waals surface area contributed by atoms with Gasteiger partial charge in [-0.05, 0) is 56.2 Å². The van der Waals surface area contributed by atoms with Crippen molar-refractivity contribution in [3.8, 4) is 5.75 Å². The molecule has 0 bridgehead atoms. The number of carbonyl (C=O) groups is 2. The summed E-state index contributed by atoms with van der Waals surface area (Å²) < 4.78 is 17.9. The van der Waals surface area contributed by atoms with Crippen LogP contribution in [0, 0.1) is 0 Å². The fraction of sp³-hybridized carbons (Fsp3) is 0.300. The number of nitrogens with one attached hydrogen (secondary N) is 1. The van der Waals surface area contributed by atoms with Crippen LogP contribution < -0.4 is 10.1 Å². The second-order valence-electron chi connectivity index (χ2n) is 9.34. The van der Waals surface area contributed by atoms with E-state index in [1.165, 1.54) is 11.8 Å². The van der Waals surface area contributed by atoms with E-state index in [2.05, 4.69) is 10.3 Å². The number of fused-ring (bicyclic) bond motifs is 1. The molecular weight excluding hydrogens is 530 g/mol. The second-order valence-corrected chi connectivity index (χ2v) is 10.4. The molecule has 0 radical (unpaired) electrons. The molecule has 0 unspecified atom stereocenters. The molecule has 3 aromatic rings. The van der Waals surface area contributed by atoms with Crippen molar-refractivity contribution in [1.82, 2.24) is 9.88 Å². The van der Waals surface area contributed by atoms with E-state index < -0.39 is 5.97 Å². The maximum Gasteiger partial charge on any atom is 0.344 e. The number of para-hydroxylation sites is 1. The number of benzene rings is 2. The van der Waals surface area contributed by atoms with Crippen LogP contribution in [0.1, 0.15) is 25.3 Å². The molecular formula is C30H31N3O6S. The maximum absolute atomic E-state index is 12.8. The molecule has 0 aliphatic carbocycles. The Bertz CT molecular complexity index is 1500. The van der Waals surface area contributed by atoms with Gasteiger partial charge in [-0.3, -0.25) is 4.79 Å². The third-order valence-electron chi connectivity index (χ3n) is 6.64. The number of rotatable bonds is 9. The fourth-order valence-electron chi connectivity index (χ4n) is 4.67. The van der Waals surface area contributed by atoms with E-state index in [0.717, 1.165) is 35.9 Å². The molecule has 208 valence electrons. The largest absolute Gasteiger partial charge is 0.506 e. The third kappa shape index (κ3) is 6.08. The molecule has 2 N–H and O–H groups in total. The van der Waals surface area contributed by atoms with Gasteiger partial charge in [0.05, 0.1) is 30.4 Å². The molecule has 9 nitrogen and oxygen atoms in total. The zero-order chi connectivity index (χ0) is 28.1. The molecule has 1 atom stereocenters. The summed E-state index contributed by atoms with van der Waals surface area (Å²) in [5.74, 6) is -0.258. The molecule has 0 spiro atoms. The Morgan fingerprint density at radius 2 is 2.02 bits per heavy atom. The number of aliphatic hydroxyl groups is 1. The van der Waals surface area contributed by atoms with Gasteiger partial charge in [0.1, 0.15) is 28.7 Å². The standard InChI is InChI=1S/C30H31N3O6S/c1-3-38-30(36)27-28(35)25(40-29(27)32-20-10-12-21(37-2)13-11-20)15-19-17-33(24-9-5-4-8-23(19)24)18-26(34)31-16-22-7-6-14-39-22/h4-5,8-13,15,17,22,35H,3,6-7,14,16,18H2,1-2H3,(H,31,34)/b25-15-,32-29?/t22-/m1/s1. The highest BCUT2D eigenvalue weighted by Gasteiger charge is 2.33. The van der Waals surface area contributed by atoms with Crippen molar-refractivity contribution in [1.29, 1.82) is 0 Å². The first-order chi connectivity index (χ1) is 19.5. The van der Waals surface area contributed by atoms with E-state index in [0.29, 0.717) is 27.9 Å². The minimum Gasteiger partial charge on any atom is -0.506 e. The number of esters is 1. The van der Waals surface area contributed by atoms with Crippen molar-refractivity contribution in [3.63, 3.8) is 0 Å². The van der Waals surface area contributed by atoms with Gasteiger partial charge in [-0.25, -0.2) is 9.79 Å². The second kappa shape index (κ2) is 12.4. The van der Waals surface area contributed by atoms with Gasteiger partial charge < -0.3 is 29.2 Å². The van der Waals surface area contributed by atoms with Gasteiger partial charge in [-0.1, -0.05) is 30.0 Å². The number of aromatic nitrogens is 1. The summed E-state index contributed by atoms with van der Waals surface area (Å²) in [6.45, 7) is 3.25. The van der Waals surface area contributed by atoms with Gasteiger partial charge in [-0.15, -0.1) is 0 Å². The fourth-order valence-corrected chi connectivity index (χ4v) is 5.70. The topological polar surface area (TPSA) is 111 Å². The lowest BCUT2D eigenvalue weighted by Gasteiger charge is -2.11.